The molecule has 0 aliphatic heterocycles. The van der Waals surface area contributed by atoms with Crippen molar-refractivity contribution in [2.75, 3.05) is 19.6 Å². The fraction of sp³-hybridized carbons (Fsp3) is 0.300. The zero-order valence-electron chi connectivity index (χ0n) is 16.0. The van der Waals surface area contributed by atoms with Crippen molar-refractivity contribution >= 4 is 40.2 Å². The van der Waals surface area contributed by atoms with E-state index in [-0.39, 0.29) is 33.9 Å². The van der Waals surface area contributed by atoms with Crippen LogP contribution in [0.5, 0.6) is 0 Å². The molecule has 0 aliphatic carbocycles. The van der Waals surface area contributed by atoms with E-state index in [2.05, 4.69) is 4.90 Å². The number of fused-ring (bicyclic) bond motifs is 1. The minimum atomic E-state index is -1.27. The van der Waals surface area contributed by atoms with Gasteiger partial charge in [0.2, 0.25) is 0 Å². The van der Waals surface area contributed by atoms with Crippen molar-refractivity contribution in [1.29, 1.82) is 0 Å². The van der Waals surface area contributed by atoms with Gasteiger partial charge in [0.15, 0.2) is 0 Å². The number of aromatic carboxylic acids is 1. The van der Waals surface area contributed by atoms with Crippen molar-refractivity contribution in [3.05, 3.63) is 62.2 Å². The average Bonchev–Trinajstić information content (AvgIpc) is 2.95. The molecular weight excluding hydrogens is 420 g/mol. The molecule has 1 heterocycles. The molecule has 0 saturated heterocycles. The van der Waals surface area contributed by atoms with Gasteiger partial charge in [-0.3, -0.25) is 9.13 Å². The molecule has 3 rings (SSSR count). The quantitative estimate of drug-likeness (QED) is 0.596. The summed E-state index contributed by atoms with van der Waals surface area (Å²) in [6.45, 7) is 6.43. The van der Waals surface area contributed by atoms with Gasteiger partial charge in [0.1, 0.15) is 11.3 Å². The van der Waals surface area contributed by atoms with Gasteiger partial charge >= 0.3 is 11.7 Å². The van der Waals surface area contributed by atoms with E-state index < -0.39 is 17.5 Å². The van der Waals surface area contributed by atoms with Gasteiger partial charge in [0.05, 0.1) is 21.8 Å². The summed E-state index contributed by atoms with van der Waals surface area (Å²) < 4.78 is 17.5. The normalized spacial score (nSPS) is 11.5. The summed E-state index contributed by atoms with van der Waals surface area (Å²) in [5.41, 5.74) is -0.285. The number of rotatable bonds is 7. The molecule has 0 bridgehead atoms. The van der Waals surface area contributed by atoms with Crippen molar-refractivity contribution in [2.45, 2.75) is 20.4 Å². The number of carbonyl (C=O) groups is 1. The number of benzene rings is 2. The van der Waals surface area contributed by atoms with Crippen molar-refractivity contribution in [2.24, 2.45) is 0 Å². The van der Waals surface area contributed by atoms with Crippen molar-refractivity contribution in [1.82, 2.24) is 14.0 Å². The first-order chi connectivity index (χ1) is 13.8. The fourth-order valence-electron chi connectivity index (χ4n) is 3.34. The van der Waals surface area contributed by atoms with E-state index in [4.69, 9.17) is 23.2 Å². The number of hydrogen-bond donors (Lipinski definition) is 1. The van der Waals surface area contributed by atoms with Crippen LogP contribution in [-0.2, 0) is 6.54 Å². The van der Waals surface area contributed by atoms with Crippen LogP contribution in [0.1, 0.15) is 24.2 Å². The Hall–Kier alpha value is -2.35. The Balaban J connectivity index is 2.30. The molecule has 0 aliphatic rings. The van der Waals surface area contributed by atoms with E-state index in [0.717, 1.165) is 23.7 Å². The molecule has 9 heteroatoms. The fourth-order valence-corrected chi connectivity index (χ4v) is 3.83. The van der Waals surface area contributed by atoms with Crippen LogP contribution in [0.15, 0.2) is 35.1 Å². The first kappa shape index (κ1) is 21.4. The van der Waals surface area contributed by atoms with Gasteiger partial charge in [-0.2, -0.15) is 0 Å². The average molecular weight is 440 g/mol. The summed E-state index contributed by atoms with van der Waals surface area (Å²) in [5.74, 6) is -2.09. The maximum absolute atomic E-state index is 15.0. The number of halogens is 3. The number of imidazole rings is 1. The summed E-state index contributed by atoms with van der Waals surface area (Å²) in [6, 6.07) is 6.76. The zero-order chi connectivity index (χ0) is 21.3. The lowest BCUT2D eigenvalue weighted by molar-refractivity contribution is 0.0696. The largest absolute Gasteiger partial charge is 0.478 e. The second-order valence-corrected chi connectivity index (χ2v) is 7.37. The molecule has 154 valence electrons. The van der Waals surface area contributed by atoms with Crippen LogP contribution in [0.25, 0.3) is 16.7 Å². The summed E-state index contributed by atoms with van der Waals surface area (Å²) in [6.07, 6.45) is 0. The van der Waals surface area contributed by atoms with Crippen LogP contribution in [-0.4, -0.2) is 44.7 Å². The summed E-state index contributed by atoms with van der Waals surface area (Å²) in [5, 5.41) is 9.88. The SMILES string of the molecule is CCN(CC)CCn1c(=O)n(-c2ccc(Cl)cc2Cl)c2c(F)cc(C(=O)O)cc21. The molecule has 0 unspecified atom stereocenters. The molecular formula is C20H20Cl2FN3O3. The molecule has 0 spiro atoms. The highest BCUT2D eigenvalue weighted by Crippen LogP contribution is 2.28. The van der Waals surface area contributed by atoms with Gasteiger partial charge < -0.3 is 10.0 Å². The maximum atomic E-state index is 15.0. The van der Waals surface area contributed by atoms with Crippen LogP contribution in [0, 0.1) is 5.82 Å². The molecule has 3 aromatic rings. The third-order valence-corrected chi connectivity index (χ3v) is 5.45. The monoisotopic (exact) mass is 439 g/mol. The molecule has 6 nitrogen and oxygen atoms in total. The van der Waals surface area contributed by atoms with E-state index in [1.165, 1.54) is 22.8 Å². The predicted octanol–water partition coefficient (Wildman–Crippen LogP) is 4.28. The molecule has 0 saturated carbocycles. The molecule has 29 heavy (non-hydrogen) atoms. The number of carboxylic acids is 1. The predicted molar refractivity (Wildman–Crippen MR) is 112 cm³/mol. The molecule has 0 amide bonds. The molecule has 0 fully saturated rings. The van der Waals surface area contributed by atoms with Gasteiger partial charge in [-0.25, -0.2) is 14.0 Å². The van der Waals surface area contributed by atoms with E-state index >= 15 is 0 Å². The van der Waals surface area contributed by atoms with Crippen molar-refractivity contribution in [3.8, 4) is 5.69 Å². The second kappa shape index (κ2) is 8.57. The van der Waals surface area contributed by atoms with Crippen LogP contribution < -0.4 is 5.69 Å². The van der Waals surface area contributed by atoms with Crippen LogP contribution in [0.2, 0.25) is 10.0 Å². The Morgan fingerprint density at radius 1 is 1.17 bits per heavy atom. The molecule has 2 aromatic carbocycles. The van der Waals surface area contributed by atoms with E-state index in [9.17, 15) is 19.1 Å². The van der Waals surface area contributed by atoms with E-state index in [0.29, 0.717) is 11.6 Å². The Morgan fingerprint density at radius 3 is 2.45 bits per heavy atom. The van der Waals surface area contributed by atoms with Gasteiger partial charge in [0, 0.05) is 18.1 Å². The first-order valence-electron chi connectivity index (χ1n) is 9.14. The highest BCUT2D eigenvalue weighted by Gasteiger charge is 2.22. The Bertz CT molecular complexity index is 1140. The van der Waals surface area contributed by atoms with E-state index in [1.807, 2.05) is 13.8 Å². The summed E-state index contributed by atoms with van der Waals surface area (Å²) >= 11 is 12.2. The first-order valence-corrected chi connectivity index (χ1v) is 9.89. The highest BCUT2D eigenvalue weighted by molar-refractivity contribution is 6.35. The van der Waals surface area contributed by atoms with E-state index in [1.54, 1.807) is 6.07 Å². The number of likely N-dealkylation sites (N-methyl/N-ethyl adjacent to an activating group) is 1. The van der Waals surface area contributed by atoms with Crippen molar-refractivity contribution in [3.63, 3.8) is 0 Å². The summed E-state index contributed by atoms with van der Waals surface area (Å²) in [7, 11) is 0. The number of nitrogens with zero attached hydrogens (tertiary/aromatic N) is 3. The van der Waals surface area contributed by atoms with Gasteiger partial charge in [-0.1, -0.05) is 37.0 Å². The highest BCUT2D eigenvalue weighted by atomic mass is 35.5. The van der Waals surface area contributed by atoms with Gasteiger partial charge in [0.25, 0.3) is 0 Å². The lowest BCUT2D eigenvalue weighted by Crippen LogP contribution is -2.31. The number of carboxylic acid groups (broad SMARTS) is 1. The third-order valence-electron chi connectivity index (χ3n) is 4.91. The lowest BCUT2D eigenvalue weighted by atomic mass is 10.2. The van der Waals surface area contributed by atoms with Gasteiger partial charge in [-0.05, 0) is 43.4 Å². The van der Waals surface area contributed by atoms with Crippen LogP contribution in [0.4, 0.5) is 4.39 Å². The lowest BCUT2D eigenvalue weighted by Gasteiger charge is -2.18. The Morgan fingerprint density at radius 2 is 1.86 bits per heavy atom. The minimum Gasteiger partial charge on any atom is -0.478 e. The Labute approximate surface area is 176 Å². The van der Waals surface area contributed by atoms with Gasteiger partial charge in [-0.15, -0.1) is 0 Å². The topological polar surface area (TPSA) is 67.5 Å². The minimum absolute atomic E-state index is 0.0243. The molecule has 1 N–H and O–H groups in total. The molecule has 0 radical (unpaired) electrons. The molecule has 1 aromatic heterocycles. The Kier molecular flexibility index (Phi) is 6.31. The summed E-state index contributed by atoms with van der Waals surface area (Å²) in [4.78, 5) is 26.8. The number of aromatic nitrogens is 2. The number of hydrogen-bond acceptors (Lipinski definition) is 3. The second-order valence-electron chi connectivity index (χ2n) is 6.52. The molecule has 0 atom stereocenters. The van der Waals surface area contributed by atoms with Crippen LogP contribution >= 0.6 is 23.2 Å². The maximum Gasteiger partial charge on any atom is 0.335 e. The smallest absolute Gasteiger partial charge is 0.335 e. The standard InChI is InChI=1S/C20H20Cl2FN3O3/c1-3-24(4-2)7-8-25-17-10-12(19(27)28)9-15(23)18(17)26(20(25)29)16-6-5-13(21)11-14(16)22/h5-6,9-11H,3-4,7-8H2,1-2H3,(H,27,28). The van der Waals surface area contributed by atoms with Crippen LogP contribution in [0.3, 0.4) is 0 Å². The van der Waals surface area contributed by atoms with Crippen molar-refractivity contribution < 1.29 is 14.3 Å². The third kappa shape index (κ3) is 4.03. The zero-order valence-corrected chi connectivity index (χ0v) is 17.5.